The monoisotopic (exact) mass is 502 g/mol. The third kappa shape index (κ3) is 28.6. The van der Waals surface area contributed by atoms with Crippen LogP contribution in [-0.2, 0) is 9.53 Å². The Kier molecular flexibility index (Phi) is 29.1. The predicted molar refractivity (Wildman–Crippen MR) is 158 cm³/mol. The number of ether oxygens (including phenoxy) is 1. The number of unbranched alkanes of at least 4 members (excludes halogenated alkanes) is 9. The average molecular weight is 503 g/mol. The molecule has 0 aromatic rings. The zero-order chi connectivity index (χ0) is 25.4. The van der Waals surface area contributed by atoms with Crippen LogP contribution in [0.15, 0.2) is 11.6 Å². The third-order valence-electron chi connectivity index (χ3n) is 7.25. The first kappa shape index (κ1) is 37.4. The summed E-state index contributed by atoms with van der Waals surface area (Å²) in [5.41, 5.74) is 1.17. The molecule has 0 fully saturated rings. The van der Waals surface area contributed by atoms with Crippen molar-refractivity contribution < 1.29 is 9.53 Å². The number of allylic oxidation sites excluding steroid dienone is 1. The summed E-state index contributed by atoms with van der Waals surface area (Å²) in [5, 5.41) is 0. The van der Waals surface area contributed by atoms with Gasteiger partial charge in [0.05, 0.1) is 6.61 Å². The fourth-order valence-corrected chi connectivity index (χ4v) is 4.78. The van der Waals surface area contributed by atoms with Gasteiger partial charge >= 0.3 is 35.5 Å². The quantitative estimate of drug-likeness (QED) is 0.0568. The number of carbonyl (C=O) groups is 1. The van der Waals surface area contributed by atoms with E-state index in [0.29, 0.717) is 6.61 Å². The number of rotatable bonds is 24. The fourth-order valence-electron chi connectivity index (χ4n) is 4.78. The molecular formula is C32H63NaO2. The van der Waals surface area contributed by atoms with Gasteiger partial charge in [-0.05, 0) is 43.9 Å². The van der Waals surface area contributed by atoms with Gasteiger partial charge in [-0.1, -0.05) is 143 Å². The van der Waals surface area contributed by atoms with Gasteiger partial charge in [0, 0.05) is 6.08 Å². The van der Waals surface area contributed by atoms with Crippen LogP contribution in [0.1, 0.15) is 164 Å². The van der Waals surface area contributed by atoms with Crippen LogP contribution in [0, 0.1) is 17.8 Å². The van der Waals surface area contributed by atoms with Gasteiger partial charge in [-0.25, -0.2) is 4.79 Å². The van der Waals surface area contributed by atoms with E-state index in [2.05, 4.69) is 41.5 Å². The Morgan fingerprint density at radius 2 is 1.11 bits per heavy atom. The number of esters is 1. The van der Waals surface area contributed by atoms with E-state index in [1.807, 2.05) is 0 Å². The normalized spacial score (nSPS) is 13.5. The van der Waals surface area contributed by atoms with Crippen LogP contribution in [0.5, 0.6) is 0 Å². The van der Waals surface area contributed by atoms with Crippen molar-refractivity contribution in [1.29, 1.82) is 0 Å². The van der Waals surface area contributed by atoms with E-state index in [4.69, 9.17) is 4.74 Å². The number of carbonyl (C=O) groups excluding carboxylic acids is 1. The summed E-state index contributed by atoms with van der Waals surface area (Å²) in [6.07, 6.45) is 26.5. The van der Waals surface area contributed by atoms with Crippen molar-refractivity contribution >= 4 is 35.5 Å². The molecule has 0 aliphatic heterocycles. The average Bonchev–Trinajstić information content (AvgIpc) is 2.77. The Balaban J connectivity index is 0. The van der Waals surface area contributed by atoms with E-state index in [1.54, 1.807) is 6.08 Å². The van der Waals surface area contributed by atoms with Gasteiger partial charge in [-0.3, -0.25) is 0 Å². The Bertz CT molecular complexity index is 486. The standard InChI is InChI=1S/C32H62O2.Na.H/c1-7-8-9-10-11-12-13-14-15-16-26-34-32(33)27-31(6)25-19-24-30(5)23-18-22-29(4)21-17-20-28(2)3;;/h27-30H,7-26H2,1-6H3;;/b31-27+;;/t29-,30-;;/m1../s1. The third-order valence-corrected chi connectivity index (χ3v) is 7.25. The molecule has 204 valence electrons. The summed E-state index contributed by atoms with van der Waals surface area (Å²) in [6.45, 7) is 14.4. The molecule has 0 radical (unpaired) electrons. The molecule has 2 atom stereocenters. The number of hydrogen-bond acceptors (Lipinski definition) is 2. The zero-order valence-electron chi connectivity index (χ0n) is 24.3. The molecule has 0 aromatic heterocycles. The summed E-state index contributed by atoms with van der Waals surface area (Å²) < 4.78 is 5.41. The molecule has 0 rings (SSSR count). The van der Waals surface area contributed by atoms with Crippen molar-refractivity contribution in [1.82, 2.24) is 0 Å². The van der Waals surface area contributed by atoms with E-state index >= 15 is 0 Å². The van der Waals surface area contributed by atoms with Crippen LogP contribution >= 0.6 is 0 Å². The van der Waals surface area contributed by atoms with Crippen molar-refractivity contribution in [3.05, 3.63) is 11.6 Å². The molecule has 0 unspecified atom stereocenters. The summed E-state index contributed by atoms with van der Waals surface area (Å²) in [7, 11) is 0. The predicted octanol–water partition coefficient (Wildman–Crippen LogP) is 10.2. The van der Waals surface area contributed by atoms with Crippen LogP contribution in [-0.4, -0.2) is 42.1 Å². The second kappa shape index (κ2) is 27.3. The molecule has 0 aromatic carbocycles. The second-order valence-electron chi connectivity index (χ2n) is 11.7. The molecule has 0 spiro atoms. The van der Waals surface area contributed by atoms with E-state index < -0.39 is 0 Å². The molecule has 0 N–H and O–H groups in total. The molecule has 0 heterocycles. The fraction of sp³-hybridized carbons (Fsp3) is 0.906. The second-order valence-corrected chi connectivity index (χ2v) is 11.7. The van der Waals surface area contributed by atoms with Gasteiger partial charge in [0.2, 0.25) is 0 Å². The minimum atomic E-state index is -0.145. The van der Waals surface area contributed by atoms with Crippen LogP contribution in [0.2, 0.25) is 0 Å². The first-order valence-corrected chi connectivity index (χ1v) is 15.2. The van der Waals surface area contributed by atoms with E-state index in [9.17, 15) is 4.79 Å². The van der Waals surface area contributed by atoms with Gasteiger partial charge in [-0.2, -0.15) is 0 Å². The molecule has 2 nitrogen and oxygen atoms in total. The molecule has 0 bridgehead atoms. The van der Waals surface area contributed by atoms with Crippen molar-refractivity contribution in [2.75, 3.05) is 6.61 Å². The first-order valence-electron chi connectivity index (χ1n) is 15.2. The molecule has 0 saturated carbocycles. The van der Waals surface area contributed by atoms with E-state index in [-0.39, 0.29) is 35.5 Å². The van der Waals surface area contributed by atoms with Crippen molar-refractivity contribution in [2.24, 2.45) is 17.8 Å². The maximum absolute atomic E-state index is 12.0. The molecular weight excluding hydrogens is 439 g/mol. The van der Waals surface area contributed by atoms with Crippen LogP contribution in [0.4, 0.5) is 0 Å². The number of hydrogen-bond donors (Lipinski definition) is 0. The molecule has 35 heavy (non-hydrogen) atoms. The van der Waals surface area contributed by atoms with Crippen molar-refractivity contribution in [3.63, 3.8) is 0 Å². The topological polar surface area (TPSA) is 26.3 Å². The summed E-state index contributed by atoms with van der Waals surface area (Å²) >= 11 is 0. The van der Waals surface area contributed by atoms with Crippen LogP contribution in [0.3, 0.4) is 0 Å². The van der Waals surface area contributed by atoms with Crippen LogP contribution in [0.25, 0.3) is 0 Å². The zero-order valence-corrected chi connectivity index (χ0v) is 24.3. The Labute approximate surface area is 243 Å². The molecule has 0 amide bonds. The first-order chi connectivity index (χ1) is 16.3. The van der Waals surface area contributed by atoms with Gasteiger partial charge < -0.3 is 4.74 Å². The van der Waals surface area contributed by atoms with Gasteiger partial charge in [0.15, 0.2) is 0 Å². The Hall–Kier alpha value is 0.210. The molecule has 3 heteroatoms. The molecule has 0 aliphatic carbocycles. The van der Waals surface area contributed by atoms with Gasteiger partial charge in [0.1, 0.15) is 0 Å². The summed E-state index contributed by atoms with van der Waals surface area (Å²) in [5.74, 6) is 2.37. The van der Waals surface area contributed by atoms with E-state index in [0.717, 1.165) is 30.6 Å². The van der Waals surface area contributed by atoms with Crippen molar-refractivity contribution in [2.45, 2.75) is 164 Å². The Morgan fingerprint density at radius 3 is 1.63 bits per heavy atom. The Morgan fingerprint density at radius 1 is 0.657 bits per heavy atom. The maximum atomic E-state index is 12.0. The summed E-state index contributed by atoms with van der Waals surface area (Å²) in [4.78, 5) is 12.0. The summed E-state index contributed by atoms with van der Waals surface area (Å²) in [6, 6.07) is 0. The van der Waals surface area contributed by atoms with Gasteiger partial charge in [-0.15, -0.1) is 0 Å². The SMILES string of the molecule is CCCCCCCCCCCCOC(=O)/C=C(\C)CCC[C@H](C)CCC[C@H](C)CCCC(C)C.[NaH]. The molecule has 0 saturated heterocycles. The van der Waals surface area contributed by atoms with Crippen molar-refractivity contribution in [3.8, 4) is 0 Å². The minimum absolute atomic E-state index is 0. The molecule has 0 aliphatic rings. The van der Waals surface area contributed by atoms with E-state index in [1.165, 1.54) is 115 Å². The van der Waals surface area contributed by atoms with Crippen LogP contribution < -0.4 is 0 Å². The van der Waals surface area contributed by atoms with Gasteiger partial charge in [0.25, 0.3) is 0 Å².